The minimum absolute atomic E-state index is 0.200. The van der Waals surface area contributed by atoms with Crippen molar-refractivity contribution in [1.29, 1.82) is 0 Å². The van der Waals surface area contributed by atoms with Crippen LogP contribution in [0.4, 0.5) is 4.39 Å². The Labute approximate surface area is 108 Å². The van der Waals surface area contributed by atoms with Gasteiger partial charge in [-0.05, 0) is 41.9 Å². The summed E-state index contributed by atoms with van der Waals surface area (Å²) in [6.45, 7) is 4.88. The zero-order valence-electron chi connectivity index (χ0n) is 9.06. The molecule has 0 radical (unpaired) electrons. The van der Waals surface area contributed by atoms with E-state index in [9.17, 15) is 9.18 Å². The van der Waals surface area contributed by atoms with E-state index in [0.717, 1.165) is 6.07 Å². The molecule has 0 bridgehead atoms. The molecule has 0 fully saturated rings. The first-order chi connectivity index (χ1) is 7.51. The van der Waals surface area contributed by atoms with Gasteiger partial charge in [-0.2, -0.15) is 0 Å². The molecule has 0 spiro atoms. The molecule has 1 amide bonds. The lowest BCUT2D eigenvalue weighted by molar-refractivity contribution is 0.0772. The summed E-state index contributed by atoms with van der Waals surface area (Å²) in [5.74, 6) is -0.735. The Balaban J connectivity index is 3.13. The number of benzene rings is 1. The predicted molar refractivity (Wildman–Crippen MR) is 66.4 cm³/mol. The van der Waals surface area contributed by atoms with Crippen molar-refractivity contribution < 1.29 is 9.18 Å². The van der Waals surface area contributed by atoms with Crippen LogP contribution in [-0.4, -0.2) is 23.9 Å². The molecule has 0 aliphatic rings. The summed E-state index contributed by atoms with van der Waals surface area (Å²) < 4.78 is 13.6. The number of hydrogen-bond acceptors (Lipinski definition) is 1. The van der Waals surface area contributed by atoms with Gasteiger partial charge in [0.25, 0.3) is 5.91 Å². The molecule has 0 saturated carbocycles. The quantitative estimate of drug-likeness (QED) is 0.779. The molecule has 1 aromatic rings. The summed E-state index contributed by atoms with van der Waals surface area (Å²) >= 11 is 8.93. The van der Waals surface area contributed by atoms with Crippen LogP contribution in [0.5, 0.6) is 0 Å². The van der Waals surface area contributed by atoms with Crippen LogP contribution in [-0.2, 0) is 0 Å². The van der Waals surface area contributed by atoms with E-state index in [4.69, 9.17) is 11.6 Å². The van der Waals surface area contributed by atoms with Crippen molar-refractivity contribution in [3.8, 4) is 0 Å². The molecule has 1 aromatic carbocycles. The first-order valence-corrected chi connectivity index (χ1v) is 6.12. The Morgan fingerprint density at radius 3 is 2.50 bits per heavy atom. The minimum Gasteiger partial charge on any atom is -0.339 e. The van der Waals surface area contributed by atoms with Crippen molar-refractivity contribution in [2.24, 2.45) is 0 Å². The zero-order valence-corrected chi connectivity index (χ0v) is 11.4. The third kappa shape index (κ3) is 2.74. The molecule has 5 heteroatoms. The zero-order chi connectivity index (χ0) is 12.3. The second-order valence-corrected chi connectivity index (χ2v) is 4.49. The fourth-order valence-electron chi connectivity index (χ4n) is 1.37. The van der Waals surface area contributed by atoms with E-state index in [1.807, 2.05) is 13.8 Å². The SMILES string of the molecule is CCN(CC)C(=O)c1cc(F)c(Br)cc1Cl. The maximum Gasteiger partial charge on any atom is 0.255 e. The molecule has 0 saturated heterocycles. The van der Waals surface area contributed by atoms with Gasteiger partial charge in [0.1, 0.15) is 5.82 Å². The van der Waals surface area contributed by atoms with Crippen molar-refractivity contribution in [3.63, 3.8) is 0 Å². The van der Waals surface area contributed by atoms with Gasteiger partial charge in [-0.15, -0.1) is 0 Å². The molecule has 0 atom stereocenters. The van der Waals surface area contributed by atoms with E-state index in [1.165, 1.54) is 6.07 Å². The summed E-state index contributed by atoms with van der Waals surface area (Å²) in [4.78, 5) is 13.5. The molecule has 0 aromatic heterocycles. The van der Waals surface area contributed by atoms with Gasteiger partial charge in [-0.1, -0.05) is 11.6 Å². The number of halogens is 3. The Hall–Kier alpha value is -0.610. The standard InChI is InChI=1S/C11H12BrClFNO/c1-3-15(4-2)11(16)7-5-10(14)8(12)6-9(7)13/h5-6H,3-4H2,1-2H3. The topological polar surface area (TPSA) is 20.3 Å². The minimum atomic E-state index is -0.486. The van der Waals surface area contributed by atoms with Crippen LogP contribution in [0.3, 0.4) is 0 Å². The van der Waals surface area contributed by atoms with Gasteiger partial charge in [0.15, 0.2) is 0 Å². The van der Waals surface area contributed by atoms with Gasteiger partial charge < -0.3 is 4.90 Å². The van der Waals surface area contributed by atoms with Crippen LogP contribution >= 0.6 is 27.5 Å². The Morgan fingerprint density at radius 2 is 2.00 bits per heavy atom. The van der Waals surface area contributed by atoms with Crippen LogP contribution < -0.4 is 0 Å². The maximum absolute atomic E-state index is 13.3. The molecule has 0 aliphatic carbocycles. The van der Waals surface area contributed by atoms with Gasteiger partial charge in [-0.25, -0.2) is 4.39 Å². The number of carbonyl (C=O) groups excluding carboxylic acids is 1. The average molecular weight is 309 g/mol. The molecule has 16 heavy (non-hydrogen) atoms. The fraction of sp³-hybridized carbons (Fsp3) is 0.364. The van der Waals surface area contributed by atoms with Crippen molar-refractivity contribution in [2.45, 2.75) is 13.8 Å². The van der Waals surface area contributed by atoms with Crippen molar-refractivity contribution in [1.82, 2.24) is 4.90 Å². The van der Waals surface area contributed by atoms with Crippen LogP contribution in [0.15, 0.2) is 16.6 Å². The first kappa shape index (κ1) is 13.5. The van der Waals surface area contributed by atoms with Gasteiger partial charge in [-0.3, -0.25) is 4.79 Å². The second-order valence-electron chi connectivity index (χ2n) is 3.22. The van der Waals surface area contributed by atoms with E-state index in [0.29, 0.717) is 13.1 Å². The largest absolute Gasteiger partial charge is 0.339 e. The number of rotatable bonds is 3. The van der Waals surface area contributed by atoms with Crippen molar-refractivity contribution in [3.05, 3.63) is 33.0 Å². The smallest absolute Gasteiger partial charge is 0.255 e. The van der Waals surface area contributed by atoms with Gasteiger partial charge >= 0.3 is 0 Å². The van der Waals surface area contributed by atoms with Crippen LogP contribution in [0, 0.1) is 5.82 Å². The molecule has 0 heterocycles. The Kier molecular flexibility index (Phi) is 4.74. The third-order valence-electron chi connectivity index (χ3n) is 2.29. The van der Waals surface area contributed by atoms with Gasteiger partial charge in [0.05, 0.1) is 15.1 Å². The number of hydrogen-bond donors (Lipinski definition) is 0. The summed E-state index contributed by atoms with van der Waals surface area (Å²) in [6, 6.07) is 2.56. The molecule has 88 valence electrons. The number of amides is 1. The number of nitrogens with zero attached hydrogens (tertiary/aromatic N) is 1. The monoisotopic (exact) mass is 307 g/mol. The lowest BCUT2D eigenvalue weighted by Crippen LogP contribution is -2.30. The molecule has 1 rings (SSSR count). The summed E-state index contributed by atoms with van der Waals surface area (Å²) in [5.41, 5.74) is 0.200. The molecule has 0 aliphatic heterocycles. The van der Waals surface area contributed by atoms with Crippen molar-refractivity contribution >= 4 is 33.4 Å². The normalized spacial score (nSPS) is 10.3. The van der Waals surface area contributed by atoms with E-state index in [-0.39, 0.29) is 21.0 Å². The second kappa shape index (κ2) is 5.64. The molecular formula is C11H12BrClFNO. The molecule has 0 N–H and O–H groups in total. The summed E-state index contributed by atoms with van der Waals surface area (Å²) in [7, 11) is 0. The van der Waals surface area contributed by atoms with Crippen LogP contribution in [0.25, 0.3) is 0 Å². The fourth-order valence-corrected chi connectivity index (χ4v) is 2.09. The maximum atomic E-state index is 13.3. The van der Waals surface area contributed by atoms with Gasteiger partial charge in [0.2, 0.25) is 0 Å². The Bertz CT molecular complexity index is 407. The summed E-state index contributed by atoms with van der Waals surface area (Å²) in [5, 5.41) is 0.255. The van der Waals surface area contributed by atoms with Gasteiger partial charge in [0, 0.05) is 13.1 Å². The van der Waals surface area contributed by atoms with E-state index in [1.54, 1.807) is 4.90 Å². The highest BCUT2D eigenvalue weighted by atomic mass is 79.9. The van der Waals surface area contributed by atoms with Crippen molar-refractivity contribution in [2.75, 3.05) is 13.1 Å². The lowest BCUT2D eigenvalue weighted by atomic mass is 10.2. The molecule has 2 nitrogen and oxygen atoms in total. The first-order valence-electron chi connectivity index (χ1n) is 4.95. The van der Waals surface area contributed by atoms with E-state index >= 15 is 0 Å². The lowest BCUT2D eigenvalue weighted by Gasteiger charge is -2.19. The third-order valence-corrected chi connectivity index (χ3v) is 3.21. The molecule has 0 unspecified atom stereocenters. The van der Waals surface area contributed by atoms with E-state index < -0.39 is 5.82 Å². The van der Waals surface area contributed by atoms with E-state index in [2.05, 4.69) is 15.9 Å². The van der Waals surface area contributed by atoms with Crippen LogP contribution in [0.2, 0.25) is 5.02 Å². The van der Waals surface area contributed by atoms with Crippen LogP contribution in [0.1, 0.15) is 24.2 Å². The number of carbonyl (C=O) groups is 1. The highest BCUT2D eigenvalue weighted by Crippen LogP contribution is 2.25. The summed E-state index contributed by atoms with van der Waals surface area (Å²) in [6.07, 6.45) is 0. The predicted octanol–water partition coefficient (Wildman–Crippen LogP) is 3.72. The Morgan fingerprint density at radius 1 is 1.44 bits per heavy atom. The highest BCUT2D eigenvalue weighted by Gasteiger charge is 2.17. The average Bonchev–Trinajstić information content (AvgIpc) is 2.25. The highest BCUT2D eigenvalue weighted by molar-refractivity contribution is 9.10. The molecular weight excluding hydrogens is 296 g/mol.